The van der Waals surface area contributed by atoms with Gasteiger partial charge in [0.15, 0.2) is 0 Å². The van der Waals surface area contributed by atoms with Crippen molar-refractivity contribution in [1.29, 1.82) is 0 Å². The third-order valence-electron chi connectivity index (χ3n) is 2.74. The Kier molecular flexibility index (Phi) is 6.06. The van der Waals surface area contributed by atoms with E-state index in [2.05, 4.69) is 46.5 Å². The SMILES string of the molecule is C=CC(C)NCC(C(C)C)C(C)C. The summed E-state index contributed by atoms with van der Waals surface area (Å²) in [5, 5.41) is 3.48. The van der Waals surface area contributed by atoms with E-state index in [4.69, 9.17) is 0 Å². The normalized spacial score (nSPS) is 14.2. The van der Waals surface area contributed by atoms with Crippen molar-refractivity contribution in [3.63, 3.8) is 0 Å². The van der Waals surface area contributed by atoms with Crippen molar-refractivity contribution in [3.05, 3.63) is 12.7 Å². The molecule has 0 saturated heterocycles. The molecule has 0 aromatic heterocycles. The number of nitrogens with one attached hydrogen (secondary N) is 1. The van der Waals surface area contributed by atoms with Gasteiger partial charge in [-0.3, -0.25) is 0 Å². The minimum atomic E-state index is 0.431. The average Bonchev–Trinajstić information content (AvgIpc) is 2.03. The summed E-state index contributed by atoms with van der Waals surface area (Å²) in [4.78, 5) is 0. The van der Waals surface area contributed by atoms with Crippen molar-refractivity contribution in [2.75, 3.05) is 6.54 Å². The van der Waals surface area contributed by atoms with Crippen LogP contribution in [0.25, 0.3) is 0 Å². The average molecular weight is 183 g/mol. The molecule has 1 nitrogen and oxygen atoms in total. The molecule has 0 aromatic rings. The first-order valence-electron chi connectivity index (χ1n) is 5.35. The van der Waals surface area contributed by atoms with Gasteiger partial charge in [0, 0.05) is 6.04 Å². The zero-order valence-corrected chi connectivity index (χ0v) is 9.80. The van der Waals surface area contributed by atoms with Crippen LogP contribution >= 0.6 is 0 Å². The second-order valence-corrected chi connectivity index (χ2v) is 4.58. The topological polar surface area (TPSA) is 12.0 Å². The smallest absolute Gasteiger partial charge is 0.0219 e. The molecule has 0 amide bonds. The van der Waals surface area contributed by atoms with E-state index < -0.39 is 0 Å². The number of hydrogen-bond donors (Lipinski definition) is 1. The van der Waals surface area contributed by atoms with Gasteiger partial charge in [0.25, 0.3) is 0 Å². The summed E-state index contributed by atoms with van der Waals surface area (Å²) in [7, 11) is 0. The molecule has 13 heavy (non-hydrogen) atoms. The quantitative estimate of drug-likeness (QED) is 0.624. The van der Waals surface area contributed by atoms with E-state index in [9.17, 15) is 0 Å². The van der Waals surface area contributed by atoms with Crippen molar-refractivity contribution in [3.8, 4) is 0 Å². The summed E-state index contributed by atoms with van der Waals surface area (Å²) >= 11 is 0. The minimum Gasteiger partial charge on any atom is -0.311 e. The first kappa shape index (κ1) is 12.7. The molecule has 0 aromatic carbocycles. The van der Waals surface area contributed by atoms with Crippen LogP contribution in [-0.4, -0.2) is 12.6 Å². The molecule has 0 rings (SSSR count). The Bertz CT molecular complexity index is 130. The maximum atomic E-state index is 3.77. The molecule has 0 saturated carbocycles. The van der Waals surface area contributed by atoms with Gasteiger partial charge >= 0.3 is 0 Å². The van der Waals surface area contributed by atoms with Crippen molar-refractivity contribution >= 4 is 0 Å². The van der Waals surface area contributed by atoms with Gasteiger partial charge in [-0.2, -0.15) is 0 Å². The largest absolute Gasteiger partial charge is 0.311 e. The van der Waals surface area contributed by atoms with Crippen LogP contribution in [0, 0.1) is 17.8 Å². The minimum absolute atomic E-state index is 0.431. The molecule has 1 atom stereocenters. The number of rotatable bonds is 6. The Balaban J connectivity index is 3.89. The van der Waals surface area contributed by atoms with Gasteiger partial charge in [-0.05, 0) is 31.2 Å². The van der Waals surface area contributed by atoms with Crippen molar-refractivity contribution in [2.45, 2.75) is 40.7 Å². The second-order valence-electron chi connectivity index (χ2n) is 4.58. The maximum Gasteiger partial charge on any atom is 0.0219 e. The van der Waals surface area contributed by atoms with Crippen LogP contribution in [0.1, 0.15) is 34.6 Å². The van der Waals surface area contributed by atoms with E-state index in [1.165, 1.54) is 0 Å². The maximum absolute atomic E-state index is 3.77. The monoisotopic (exact) mass is 183 g/mol. The van der Waals surface area contributed by atoms with Crippen LogP contribution in [0.4, 0.5) is 0 Å². The summed E-state index contributed by atoms with van der Waals surface area (Å²) in [6.45, 7) is 16.2. The molecule has 1 heteroatoms. The van der Waals surface area contributed by atoms with Crippen LogP contribution in [0.3, 0.4) is 0 Å². The number of hydrogen-bond acceptors (Lipinski definition) is 1. The molecule has 0 radical (unpaired) electrons. The lowest BCUT2D eigenvalue weighted by Crippen LogP contribution is -2.34. The van der Waals surface area contributed by atoms with Gasteiger partial charge in [-0.1, -0.05) is 33.8 Å². The first-order valence-corrected chi connectivity index (χ1v) is 5.35. The Hall–Kier alpha value is -0.300. The molecule has 0 fully saturated rings. The summed E-state index contributed by atoms with van der Waals surface area (Å²) < 4.78 is 0. The van der Waals surface area contributed by atoms with E-state index in [0.717, 1.165) is 24.3 Å². The third-order valence-corrected chi connectivity index (χ3v) is 2.74. The predicted molar refractivity (Wildman–Crippen MR) is 60.8 cm³/mol. The Morgan fingerprint density at radius 2 is 1.54 bits per heavy atom. The van der Waals surface area contributed by atoms with Gasteiger partial charge in [-0.15, -0.1) is 6.58 Å². The molecule has 0 heterocycles. The lowest BCUT2D eigenvalue weighted by atomic mass is 9.85. The summed E-state index contributed by atoms with van der Waals surface area (Å²) in [6.07, 6.45) is 1.96. The van der Waals surface area contributed by atoms with Crippen LogP contribution in [-0.2, 0) is 0 Å². The zero-order chi connectivity index (χ0) is 10.4. The molecule has 1 unspecified atom stereocenters. The second kappa shape index (κ2) is 6.20. The summed E-state index contributed by atoms with van der Waals surface area (Å²) in [5.41, 5.74) is 0. The fourth-order valence-electron chi connectivity index (χ4n) is 1.65. The molecule has 0 bridgehead atoms. The predicted octanol–water partition coefficient (Wildman–Crippen LogP) is 3.08. The Morgan fingerprint density at radius 3 is 1.85 bits per heavy atom. The molecular weight excluding hydrogens is 158 g/mol. The highest BCUT2D eigenvalue weighted by Crippen LogP contribution is 2.19. The van der Waals surface area contributed by atoms with Gasteiger partial charge in [0.05, 0.1) is 0 Å². The van der Waals surface area contributed by atoms with Gasteiger partial charge in [0.1, 0.15) is 0 Å². The molecule has 1 N–H and O–H groups in total. The van der Waals surface area contributed by atoms with Crippen LogP contribution in [0.5, 0.6) is 0 Å². The van der Waals surface area contributed by atoms with E-state index >= 15 is 0 Å². The highest BCUT2D eigenvalue weighted by Gasteiger charge is 2.17. The van der Waals surface area contributed by atoms with E-state index in [1.807, 2.05) is 6.08 Å². The fourth-order valence-corrected chi connectivity index (χ4v) is 1.65. The molecule has 78 valence electrons. The zero-order valence-electron chi connectivity index (χ0n) is 9.80. The fraction of sp³-hybridized carbons (Fsp3) is 0.833. The van der Waals surface area contributed by atoms with E-state index in [0.29, 0.717) is 6.04 Å². The van der Waals surface area contributed by atoms with Gasteiger partial charge in [-0.25, -0.2) is 0 Å². The van der Waals surface area contributed by atoms with Gasteiger partial charge < -0.3 is 5.32 Å². The molecule has 0 aliphatic carbocycles. The van der Waals surface area contributed by atoms with Crippen molar-refractivity contribution < 1.29 is 0 Å². The highest BCUT2D eigenvalue weighted by atomic mass is 14.9. The molecular formula is C12H25N. The van der Waals surface area contributed by atoms with Gasteiger partial charge in [0.2, 0.25) is 0 Å². The third kappa shape index (κ3) is 5.09. The lowest BCUT2D eigenvalue weighted by molar-refractivity contribution is 0.272. The van der Waals surface area contributed by atoms with Crippen LogP contribution in [0.15, 0.2) is 12.7 Å². The molecule has 0 spiro atoms. The standard InChI is InChI=1S/C12H25N/c1-7-11(6)13-8-12(9(2)3)10(4)5/h7,9-13H,1,8H2,2-6H3. The molecule has 0 aliphatic rings. The van der Waals surface area contributed by atoms with E-state index in [-0.39, 0.29) is 0 Å². The van der Waals surface area contributed by atoms with Crippen molar-refractivity contribution in [2.24, 2.45) is 17.8 Å². The van der Waals surface area contributed by atoms with E-state index in [1.54, 1.807) is 0 Å². The first-order chi connectivity index (χ1) is 5.99. The Morgan fingerprint density at radius 1 is 1.08 bits per heavy atom. The van der Waals surface area contributed by atoms with Crippen LogP contribution < -0.4 is 5.32 Å². The van der Waals surface area contributed by atoms with Crippen molar-refractivity contribution in [1.82, 2.24) is 5.32 Å². The lowest BCUT2D eigenvalue weighted by Gasteiger charge is -2.26. The van der Waals surface area contributed by atoms with Crippen LogP contribution in [0.2, 0.25) is 0 Å². The summed E-state index contributed by atoms with van der Waals surface area (Å²) in [5.74, 6) is 2.27. The highest BCUT2D eigenvalue weighted by molar-refractivity contribution is 4.82. The molecule has 0 aliphatic heterocycles. The Labute approximate surface area is 83.6 Å². The summed E-state index contributed by atoms with van der Waals surface area (Å²) in [6, 6.07) is 0.431.